The fraction of sp³-hybridized carbons (Fsp3) is 0.429. The molecule has 4 N–H and O–H groups in total. The van der Waals surface area contributed by atoms with Crippen molar-refractivity contribution in [3.8, 4) is 5.75 Å². The van der Waals surface area contributed by atoms with Gasteiger partial charge >= 0.3 is 0 Å². The summed E-state index contributed by atoms with van der Waals surface area (Å²) < 4.78 is 0. The molecule has 0 atom stereocenters. The number of hydrogen-bond acceptors (Lipinski definition) is 2. The van der Waals surface area contributed by atoms with Crippen molar-refractivity contribution in [2.75, 3.05) is 6.54 Å². The maximum absolute atomic E-state index is 9.59. The van der Waals surface area contributed by atoms with Crippen molar-refractivity contribution < 1.29 is 5.11 Å². The number of rotatable bonds is 2. The predicted molar refractivity (Wildman–Crippen MR) is 71.4 cm³/mol. The number of nitrogens with two attached hydrogens (primary N) is 1. The van der Waals surface area contributed by atoms with E-state index in [9.17, 15) is 5.11 Å². The van der Waals surface area contributed by atoms with E-state index in [1.165, 1.54) is 11.3 Å². The molecule has 0 bridgehead atoms. The van der Waals surface area contributed by atoms with Gasteiger partial charge in [0.2, 0.25) is 0 Å². The highest BCUT2D eigenvalue weighted by molar-refractivity contribution is 5.86. The summed E-state index contributed by atoms with van der Waals surface area (Å²) in [5.41, 5.74) is 9.24. The molecule has 2 aromatic rings. The summed E-state index contributed by atoms with van der Waals surface area (Å²) in [5, 5.41) is 10.7. The van der Waals surface area contributed by atoms with Gasteiger partial charge in [0.1, 0.15) is 5.75 Å². The Morgan fingerprint density at radius 1 is 1.29 bits per heavy atom. The minimum absolute atomic E-state index is 0.0547. The van der Waals surface area contributed by atoms with Crippen molar-refractivity contribution >= 4 is 10.9 Å². The molecule has 0 unspecified atom stereocenters. The zero-order valence-corrected chi connectivity index (χ0v) is 10.7. The molecule has 0 saturated heterocycles. The molecule has 0 saturated carbocycles. The van der Waals surface area contributed by atoms with Gasteiger partial charge in [-0.05, 0) is 36.7 Å². The van der Waals surface area contributed by atoms with Crippen LogP contribution in [0.25, 0.3) is 10.9 Å². The maximum Gasteiger partial charge on any atom is 0.116 e. The third-order valence-electron chi connectivity index (χ3n) is 3.03. The SMILES string of the molecule is CC(C)(C)c1[nH]c2ccc(O)cc2c1CCN. The van der Waals surface area contributed by atoms with E-state index >= 15 is 0 Å². The molecule has 92 valence electrons. The molecule has 2 rings (SSSR count). The lowest BCUT2D eigenvalue weighted by atomic mass is 9.88. The zero-order chi connectivity index (χ0) is 12.6. The van der Waals surface area contributed by atoms with Crippen LogP contribution in [-0.4, -0.2) is 16.6 Å². The summed E-state index contributed by atoms with van der Waals surface area (Å²) in [5.74, 6) is 0.301. The highest BCUT2D eigenvalue weighted by Gasteiger charge is 2.22. The van der Waals surface area contributed by atoms with E-state index < -0.39 is 0 Å². The summed E-state index contributed by atoms with van der Waals surface area (Å²) in [6.45, 7) is 7.15. The maximum atomic E-state index is 9.59. The molecule has 0 aliphatic heterocycles. The molecule has 0 fully saturated rings. The molecular weight excluding hydrogens is 212 g/mol. The second-order valence-corrected chi connectivity index (χ2v) is 5.50. The lowest BCUT2D eigenvalue weighted by Gasteiger charge is -2.19. The first-order chi connectivity index (χ1) is 7.93. The van der Waals surface area contributed by atoms with Crippen LogP contribution in [0.4, 0.5) is 0 Å². The van der Waals surface area contributed by atoms with Gasteiger partial charge in [0.25, 0.3) is 0 Å². The summed E-state index contributed by atoms with van der Waals surface area (Å²) in [4.78, 5) is 3.45. The molecule has 1 aromatic carbocycles. The number of benzene rings is 1. The van der Waals surface area contributed by atoms with E-state index in [4.69, 9.17) is 5.73 Å². The molecular formula is C14H20N2O. The number of phenols is 1. The second kappa shape index (κ2) is 4.08. The minimum atomic E-state index is 0.0547. The topological polar surface area (TPSA) is 62.0 Å². The first kappa shape index (κ1) is 12.0. The third kappa shape index (κ3) is 2.15. The van der Waals surface area contributed by atoms with Gasteiger partial charge in [0, 0.05) is 22.0 Å². The number of fused-ring (bicyclic) bond motifs is 1. The van der Waals surface area contributed by atoms with Gasteiger partial charge in [0.05, 0.1) is 0 Å². The standard InChI is InChI=1S/C14H20N2O/c1-14(2,3)13-10(6-7-15)11-8-9(17)4-5-12(11)16-13/h4-5,8,16-17H,6-7,15H2,1-3H3. The molecule has 3 nitrogen and oxygen atoms in total. The van der Waals surface area contributed by atoms with Crippen molar-refractivity contribution in [1.82, 2.24) is 4.98 Å². The average Bonchev–Trinajstić information content (AvgIpc) is 2.57. The Bertz CT molecular complexity index is 535. The number of hydrogen-bond donors (Lipinski definition) is 3. The highest BCUT2D eigenvalue weighted by Crippen LogP contribution is 2.33. The Labute approximate surface area is 102 Å². The van der Waals surface area contributed by atoms with E-state index in [1.807, 2.05) is 12.1 Å². The lowest BCUT2D eigenvalue weighted by molar-refractivity contribution is 0.476. The van der Waals surface area contributed by atoms with Gasteiger partial charge in [-0.15, -0.1) is 0 Å². The van der Waals surface area contributed by atoms with Crippen LogP contribution in [0.1, 0.15) is 32.0 Å². The Morgan fingerprint density at radius 3 is 2.59 bits per heavy atom. The quantitative estimate of drug-likeness (QED) is 0.745. The number of phenolic OH excluding ortho intramolecular Hbond substituents is 1. The van der Waals surface area contributed by atoms with Crippen molar-refractivity contribution in [3.05, 3.63) is 29.5 Å². The van der Waals surface area contributed by atoms with E-state index in [2.05, 4.69) is 25.8 Å². The highest BCUT2D eigenvalue weighted by atomic mass is 16.3. The van der Waals surface area contributed by atoms with Gasteiger partial charge in [-0.3, -0.25) is 0 Å². The predicted octanol–water partition coefficient (Wildman–Crippen LogP) is 2.67. The molecule has 3 heteroatoms. The van der Waals surface area contributed by atoms with Gasteiger partial charge in [-0.25, -0.2) is 0 Å². The Morgan fingerprint density at radius 2 is 2.00 bits per heavy atom. The lowest BCUT2D eigenvalue weighted by Crippen LogP contribution is -2.16. The van der Waals surface area contributed by atoms with Crippen LogP contribution in [-0.2, 0) is 11.8 Å². The van der Waals surface area contributed by atoms with Crippen molar-refractivity contribution in [2.45, 2.75) is 32.6 Å². The largest absolute Gasteiger partial charge is 0.508 e. The van der Waals surface area contributed by atoms with E-state index in [1.54, 1.807) is 6.07 Å². The number of aromatic hydroxyl groups is 1. The number of aromatic nitrogens is 1. The van der Waals surface area contributed by atoms with Gasteiger partial charge < -0.3 is 15.8 Å². The summed E-state index contributed by atoms with van der Waals surface area (Å²) in [7, 11) is 0. The van der Waals surface area contributed by atoms with E-state index in [0.29, 0.717) is 12.3 Å². The number of nitrogens with one attached hydrogen (secondary N) is 1. The van der Waals surface area contributed by atoms with Crippen molar-refractivity contribution in [3.63, 3.8) is 0 Å². The first-order valence-corrected chi connectivity index (χ1v) is 5.97. The molecule has 17 heavy (non-hydrogen) atoms. The summed E-state index contributed by atoms with van der Waals surface area (Å²) >= 11 is 0. The number of aromatic amines is 1. The monoisotopic (exact) mass is 232 g/mol. The normalized spacial score (nSPS) is 12.2. The van der Waals surface area contributed by atoms with E-state index in [0.717, 1.165) is 17.3 Å². The Balaban J connectivity index is 2.71. The fourth-order valence-electron chi connectivity index (χ4n) is 2.28. The Kier molecular flexibility index (Phi) is 2.87. The van der Waals surface area contributed by atoms with E-state index in [-0.39, 0.29) is 5.41 Å². The molecule has 0 aliphatic rings. The number of H-pyrrole nitrogens is 1. The molecule has 0 radical (unpaired) electrons. The first-order valence-electron chi connectivity index (χ1n) is 5.97. The van der Waals surface area contributed by atoms with Gasteiger partial charge in [0.15, 0.2) is 0 Å². The van der Waals surface area contributed by atoms with Crippen LogP contribution in [0.5, 0.6) is 5.75 Å². The minimum Gasteiger partial charge on any atom is -0.508 e. The van der Waals surface area contributed by atoms with Gasteiger partial charge in [-0.2, -0.15) is 0 Å². The summed E-state index contributed by atoms with van der Waals surface area (Å²) in [6, 6.07) is 5.43. The van der Waals surface area contributed by atoms with Crippen LogP contribution >= 0.6 is 0 Å². The second-order valence-electron chi connectivity index (χ2n) is 5.50. The third-order valence-corrected chi connectivity index (χ3v) is 3.03. The van der Waals surface area contributed by atoms with Crippen LogP contribution in [0.3, 0.4) is 0 Å². The van der Waals surface area contributed by atoms with Crippen LogP contribution < -0.4 is 5.73 Å². The molecule has 1 heterocycles. The summed E-state index contributed by atoms with van der Waals surface area (Å²) in [6.07, 6.45) is 0.829. The molecule has 1 aromatic heterocycles. The molecule has 0 spiro atoms. The van der Waals surface area contributed by atoms with Crippen molar-refractivity contribution in [2.24, 2.45) is 5.73 Å². The smallest absolute Gasteiger partial charge is 0.116 e. The Hall–Kier alpha value is -1.48. The van der Waals surface area contributed by atoms with Crippen LogP contribution in [0.2, 0.25) is 0 Å². The van der Waals surface area contributed by atoms with Crippen molar-refractivity contribution in [1.29, 1.82) is 0 Å². The molecule has 0 aliphatic carbocycles. The fourth-order valence-corrected chi connectivity index (χ4v) is 2.28. The van der Waals surface area contributed by atoms with Crippen LogP contribution in [0.15, 0.2) is 18.2 Å². The van der Waals surface area contributed by atoms with Crippen LogP contribution in [0, 0.1) is 0 Å². The van der Waals surface area contributed by atoms with Gasteiger partial charge in [-0.1, -0.05) is 20.8 Å². The average molecular weight is 232 g/mol. The molecule has 0 amide bonds. The zero-order valence-electron chi connectivity index (χ0n) is 10.7.